The number of aliphatic imine (C=N–C) groups is 1. The lowest BCUT2D eigenvalue weighted by Crippen LogP contribution is -2.22. The van der Waals surface area contributed by atoms with Crippen molar-refractivity contribution in [2.45, 2.75) is 19.4 Å². The molecule has 0 atom stereocenters. The highest BCUT2D eigenvalue weighted by molar-refractivity contribution is 7.80. The van der Waals surface area contributed by atoms with Crippen LogP contribution in [-0.2, 0) is 4.74 Å². The third-order valence-corrected chi connectivity index (χ3v) is 8.07. The van der Waals surface area contributed by atoms with Crippen LogP contribution >= 0.6 is 7.92 Å². The summed E-state index contributed by atoms with van der Waals surface area (Å²) in [5.41, 5.74) is 2.88. The van der Waals surface area contributed by atoms with Crippen LogP contribution in [0.5, 0.6) is 0 Å². The van der Waals surface area contributed by atoms with E-state index < -0.39 is 7.92 Å². The highest BCUT2D eigenvalue weighted by atomic mass is 31.1. The first-order chi connectivity index (χ1) is 16.1. The van der Waals surface area contributed by atoms with Crippen LogP contribution in [-0.4, -0.2) is 18.0 Å². The molecule has 1 aliphatic rings. The second-order valence-electron chi connectivity index (χ2n) is 8.71. The average molecular weight is 451 g/mol. The molecule has 0 saturated heterocycles. The van der Waals surface area contributed by atoms with Crippen molar-refractivity contribution in [3.8, 4) is 0 Å². The molecule has 3 nitrogen and oxygen atoms in total. The zero-order chi connectivity index (χ0) is 22.7. The number of ether oxygens (including phenoxy) is 1. The van der Waals surface area contributed by atoms with Crippen LogP contribution < -0.4 is 21.2 Å². The van der Waals surface area contributed by atoms with Gasteiger partial charge in [-0.15, -0.1) is 0 Å². The van der Waals surface area contributed by atoms with Gasteiger partial charge in [0.1, 0.15) is 6.61 Å². The van der Waals surface area contributed by atoms with Crippen molar-refractivity contribution in [1.82, 2.24) is 0 Å². The lowest BCUT2D eigenvalue weighted by molar-refractivity contribution is 0.279. The van der Waals surface area contributed by atoms with Crippen LogP contribution in [0, 0.1) is 0 Å². The lowest BCUT2D eigenvalue weighted by Gasteiger charge is -2.23. The highest BCUT2D eigenvalue weighted by Crippen LogP contribution is 2.37. The van der Waals surface area contributed by atoms with Gasteiger partial charge in [0, 0.05) is 11.0 Å². The van der Waals surface area contributed by atoms with Gasteiger partial charge in [-0.1, -0.05) is 91.0 Å². The number of anilines is 2. The summed E-state index contributed by atoms with van der Waals surface area (Å²) in [6.45, 7) is 4.79. The second kappa shape index (κ2) is 9.21. The maximum atomic E-state index is 5.96. The van der Waals surface area contributed by atoms with Gasteiger partial charge in [-0.3, -0.25) is 0 Å². The molecule has 0 radical (unpaired) electrons. The summed E-state index contributed by atoms with van der Waals surface area (Å²) in [6, 6.07) is 38.4. The minimum Gasteiger partial charge on any atom is -0.475 e. The minimum atomic E-state index is -0.722. The second-order valence-corrected chi connectivity index (χ2v) is 10.9. The summed E-state index contributed by atoms with van der Waals surface area (Å²) >= 11 is 0. The molecular weight excluding hydrogens is 423 g/mol. The van der Waals surface area contributed by atoms with Crippen LogP contribution in [0.25, 0.3) is 0 Å². The Bertz CT molecular complexity index is 1230. The van der Waals surface area contributed by atoms with E-state index in [2.05, 4.69) is 116 Å². The minimum absolute atomic E-state index is 0.199. The molecule has 4 aromatic rings. The summed E-state index contributed by atoms with van der Waals surface area (Å²) in [6.07, 6.45) is 0. The molecule has 0 aromatic heterocycles. The number of para-hydroxylation sites is 2. The Balaban J connectivity index is 1.58. The van der Waals surface area contributed by atoms with E-state index >= 15 is 0 Å². The van der Waals surface area contributed by atoms with Crippen molar-refractivity contribution in [1.29, 1.82) is 0 Å². The van der Waals surface area contributed by atoms with Crippen LogP contribution in [0.3, 0.4) is 0 Å². The maximum absolute atomic E-state index is 5.96. The predicted octanol–water partition coefficient (Wildman–Crippen LogP) is 5.74. The number of hydrogen-bond donors (Lipinski definition) is 1. The smallest absolute Gasteiger partial charge is 0.218 e. The van der Waals surface area contributed by atoms with Gasteiger partial charge < -0.3 is 10.1 Å². The Morgan fingerprint density at radius 3 is 1.85 bits per heavy atom. The molecule has 1 heterocycles. The van der Waals surface area contributed by atoms with Crippen molar-refractivity contribution >= 4 is 41.1 Å². The van der Waals surface area contributed by atoms with Crippen LogP contribution in [0.4, 0.5) is 11.4 Å². The van der Waals surface area contributed by atoms with Gasteiger partial charge in [0.15, 0.2) is 0 Å². The molecule has 0 saturated carbocycles. The van der Waals surface area contributed by atoms with Crippen molar-refractivity contribution in [3.63, 3.8) is 0 Å². The Labute approximate surface area is 196 Å². The number of benzene rings is 4. The van der Waals surface area contributed by atoms with Crippen molar-refractivity contribution in [2.75, 3.05) is 11.9 Å². The van der Waals surface area contributed by atoms with E-state index in [1.165, 1.54) is 15.9 Å². The molecule has 0 fully saturated rings. The number of rotatable bonds is 6. The van der Waals surface area contributed by atoms with Gasteiger partial charge in [0.25, 0.3) is 0 Å². The molecule has 0 unspecified atom stereocenters. The molecule has 0 spiro atoms. The quantitative estimate of drug-likeness (QED) is 0.380. The summed E-state index contributed by atoms with van der Waals surface area (Å²) in [7, 11) is -0.722. The molecule has 4 aromatic carbocycles. The standard InChI is InChI=1S/C29H27N2OP/c1-29(2)21-32-28(31-29)24-17-9-10-18-25(24)30-26-19-11-12-20-27(26)33(22-13-5-3-6-14-22)23-15-7-4-8-16-23/h3-20,30H,21H2,1-2H3. The third kappa shape index (κ3) is 4.69. The fraction of sp³-hybridized carbons (Fsp3) is 0.138. The largest absolute Gasteiger partial charge is 0.475 e. The first-order valence-electron chi connectivity index (χ1n) is 11.2. The summed E-state index contributed by atoms with van der Waals surface area (Å²) in [5, 5.41) is 7.66. The van der Waals surface area contributed by atoms with E-state index in [0.717, 1.165) is 16.9 Å². The fourth-order valence-corrected chi connectivity index (χ4v) is 6.40. The number of nitrogens with zero attached hydrogens (tertiary/aromatic N) is 1. The summed E-state index contributed by atoms with van der Waals surface area (Å²) < 4.78 is 5.96. The Morgan fingerprint density at radius 1 is 0.697 bits per heavy atom. The van der Waals surface area contributed by atoms with Crippen LogP contribution in [0.15, 0.2) is 114 Å². The van der Waals surface area contributed by atoms with Crippen LogP contribution in [0.2, 0.25) is 0 Å². The molecular formula is C29H27N2OP. The van der Waals surface area contributed by atoms with E-state index in [0.29, 0.717) is 12.5 Å². The van der Waals surface area contributed by atoms with Crippen molar-refractivity contribution < 1.29 is 4.74 Å². The fourth-order valence-electron chi connectivity index (χ4n) is 4.00. The van der Waals surface area contributed by atoms with E-state index in [1.54, 1.807) is 0 Å². The zero-order valence-corrected chi connectivity index (χ0v) is 19.8. The molecule has 0 bridgehead atoms. The van der Waals surface area contributed by atoms with E-state index in [-0.39, 0.29) is 5.54 Å². The Morgan fingerprint density at radius 2 is 1.24 bits per heavy atom. The van der Waals surface area contributed by atoms with Crippen molar-refractivity contribution in [3.05, 3.63) is 115 Å². The predicted molar refractivity (Wildman–Crippen MR) is 141 cm³/mol. The zero-order valence-electron chi connectivity index (χ0n) is 18.9. The molecule has 33 heavy (non-hydrogen) atoms. The lowest BCUT2D eigenvalue weighted by atomic mass is 10.1. The molecule has 5 rings (SSSR count). The van der Waals surface area contributed by atoms with Gasteiger partial charge in [0.05, 0.1) is 16.8 Å². The summed E-state index contributed by atoms with van der Waals surface area (Å²) in [5.74, 6) is 0.703. The molecule has 1 N–H and O–H groups in total. The van der Waals surface area contributed by atoms with Gasteiger partial charge in [-0.2, -0.15) is 0 Å². The van der Waals surface area contributed by atoms with Gasteiger partial charge >= 0.3 is 0 Å². The monoisotopic (exact) mass is 450 g/mol. The molecule has 1 aliphatic heterocycles. The average Bonchev–Trinajstić information content (AvgIpc) is 3.21. The van der Waals surface area contributed by atoms with E-state index in [9.17, 15) is 0 Å². The van der Waals surface area contributed by atoms with Gasteiger partial charge in [-0.05, 0) is 50.6 Å². The number of hydrogen-bond acceptors (Lipinski definition) is 3. The Kier molecular flexibility index (Phi) is 5.98. The first-order valence-corrected chi connectivity index (χ1v) is 12.5. The van der Waals surface area contributed by atoms with Crippen molar-refractivity contribution in [2.24, 2.45) is 4.99 Å². The SMILES string of the molecule is CC1(C)COC(c2ccccc2Nc2ccccc2P(c2ccccc2)c2ccccc2)=N1. The van der Waals surface area contributed by atoms with Crippen LogP contribution in [0.1, 0.15) is 19.4 Å². The number of nitrogens with one attached hydrogen (secondary N) is 1. The highest BCUT2D eigenvalue weighted by Gasteiger charge is 2.28. The van der Waals surface area contributed by atoms with E-state index in [1.807, 2.05) is 12.1 Å². The molecule has 0 amide bonds. The molecule has 4 heteroatoms. The van der Waals surface area contributed by atoms with Gasteiger partial charge in [-0.25, -0.2) is 4.99 Å². The van der Waals surface area contributed by atoms with E-state index in [4.69, 9.17) is 9.73 Å². The molecule has 164 valence electrons. The Hall–Kier alpha value is -3.42. The first kappa shape index (κ1) is 21.4. The third-order valence-electron chi connectivity index (χ3n) is 5.57. The normalized spacial score (nSPS) is 14.6. The maximum Gasteiger partial charge on any atom is 0.218 e. The topological polar surface area (TPSA) is 33.6 Å². The molecule has 0 aliphatic carbocycles. The summed E-state index contributed by atoms with van der Waals surface area (Å²) in [4.78, 5) is 4.80. The van der Waals surface area contributed by atoms with Gasteiger partial charge in [0.2, 0.25) is 5.90 Å².